The van der Waals surface area contributed by atoms with Gasteiger partial charge in [0.05, 0.1) is 11.3 Å². The quantitative estimate of drug-likeness (QED) is 0.586. The highest BCUT2D eigenvalue weighted by atomic mass is 19.1. The van der Waals surface area contributed by atoms with E-state index in [1.807, 2.05) is 0 Å². The standard InChI is InChI=1S/C14H14FN3O/c1-9-6-7-10(15)8-13(9)17-14(19)11-4-2-3-5-12(11)18-16/h2-8,18H,16H2,1H3,(H,17,19). The van der Waals surface area contributed by atoms with E-state index >= 15 is 0 Å². The van der Waals surface area contributed by atoms with Crippen molar-refractivity contribution in [2.45, 2.75) is 6.92 Å². The first-order chi connectivity index (χ1) is 9.11. The summed E-state index contributed by atoms with van der Waals surface area (Å²) in [5.74, 6) is 4.60. The molecule has 2 rings (SSSR count). The molecule has 2 aromatic carbocycles. The van der Waals surface area contributed by atoms with Gasteiger partial charge in [-0.15, -0.1) is 0 Å². The van der Waals surface area contributed by atoms with Gasteiger partial charge in [0.2, 0.25) is 0 Å². The van der Waals surface area contributed by atoms with Crippen molar-refractivity contribution in [2.75, 3.05) is 10.7 Å². The Morgan fingerprint density at radius 1 is 1.16 bits per heavy atom. The van der Waals surface area contributed by atoms with Gasteiger partial charge in [-0.1, -0.05) is 18.2 Å². The number of nitrogens with two attached hydrogens (primary N) is 1. The number of anilines is 2. The second kappa shape index (κ2) is 5.49. The molecule has 98 valence electrons. The summed E-state index contributed by atoms with van der Waals surface area (Å²) >= 11 is 0. The highest BCUT2D eigenvalue weighted by Gasteiger charge is 2.11. The maximum Gasteiger partial charge on any atom is 0.257 e. The molecule has 0 fully saturated rings. The molecule has 5 heteroatoms. The van der Waals surface area contributed by atoms with Crippen LogP contribution < -0.4 is 16.6 Å². The van der Waals surface area contributed by atoms with E-state index in [1.165, 1.54) is 12.1 Å². The number of aryl methyl sites for hydroxylation is 1. The van der Waals surface area contributed by atoms with E-state index in [-0.39, 0.29) is 5.91 Å². The summed E-state index contributed by atoms with van der Waals surface area (Å²) in [5, 5.41) is 2.67. The van der Waals surface area contributed by atoms with E-state index < -0.39 is 5.82 Å². The zero-order valence-electron chi connectivity index (χ0n) is 10.4. The minimum atomic E-state index is -0.397. The Bertz CT molecular complexity index is 613. The van der Waals surface area contributed by atoms with Gasteiger partial charge in [-0.05, 0) is 36.8 Å². The van der Waals surface area contributed by atoms with Crippen LogP contribution in [0.2, 0.25) is 0 Å². The van der Waals surface area contributed by atoms with Crippen LogP contribution in [0, 0.1) is 12.7 Å². The molecule has 2 aromatic rings. The number of para-hydroxylation sites is 1. The van der Waals surface area contributed by atoms with Crippen molar-refractivity contribution in [1.29, 1.82) is 0 Å². The van der Waals surface area contributed by atoms with Crippen molar-refractivity contribution < 1.29 is 9.18 Å². The van der Waals surface area contributed by atoms with Gasteiger partial charge in [0.25, 0.3) is 5.91 Å². The molecule has 0 aliphatic carbocycles. The van der Waals surface area contributed by atoms with Gasteiger partial charge in [0.1, 0.15) is 5.82 Å². The molecule has 0 spiro atoms. The van der Waals surface area contributed by atoms with Crippen molar-refractivity contribution in [3.8, 4) is 0 Å². The summed E-state index contributed by atoms with van der Waals surface area (Å²) in [6.45, 7) is 1.79. The van der Waals surface area contributed by atoms with Gasteiger partial charge in [0, 0.05) is 5.69 Å². The lowest BCUT2D eigenvalue weighted by atomic mass is 10.1. The van der Waals surface area contributed by atoms with Crippen LogP contribution in [0.15, 0.2) is 42.5 Å². The fourth-order valence-corrected chi connectivity index (χ4v) is 1.73. The lowest BCUT2D eigenvalue weighted by Gasteiger charge is -2.11. The molecular weight excluding hydrogens is 245 g/mol. The lowest BCUT2D eigenvalue weighted by molar-refractivity contribution is 0.102. The van der Waals surface area contributed by atoms with Gasteiger partial charge in [-0.3, -0.25) is 10.6 Å². The molecular formula is C14H14FN3O. The van der Waals surface area contributed by atoms with Gasteiger partial charge < -0.3 is 10.7 Å². The largest absolute Gasteiger partial charge is 0.323 e. The molecule has 0 aliphatic rings. The molecule has 0 atom stereocenters. The van der Waals surface area contributed by atoms with Crippen LogP contribution in [0.3, 0.4) is 0 Å². The highest BCUT2D eigenvalue weighted by Crippen LogP contribution is 2.19. The third kappa shape index (κ3) is 2.89. The van der Waals surface area contributed by atoms with Crippen molar-refractivity contribution in [3.63, 3.8) is 0 Å². The van der Waals surface area contributed by atoms with Crippen molar-refractivity contribution in [3.05, 3.63) is 59.4 Å². The van der Waals surface area contributed by atoms with Crippen LogP contribution in [-0.2, 0) is 0 Å². The maximum atomic E-state index is 13.2. The number of carbonyl (C=O) groups excluding carboxylic acids is 1. The molecule has 19 heavy (non-hydrogen) atoms. The number of halogens is 1. The molecule has 0 aliphatic heterocycles. The summed E-state index contributed by atoms with van der Waals surface area (Å²) in [6.07, 6.45) is 0. The van der Waals surface area contributed by atoms with Gasteiger partial charge in [-0.25, -0.2) is 4.39 Å². The van der Waals surface area contributed by atoms with E-state index in [9.17, 15) is 9.18 Å². The highest BCUT2D eigenvalue weighted by molar-refractivity contribution is 6.08. The van der Waals surface area contributed by atoms with Crippen LogP contribution in [0.25, 0.3) is 0 Å². The van der Waals surface area contributed by atoms with E-state index in [1.54, 1.807) is 37.3 Å². The first-order valence-corrected chi connectivity index (χ1v) is 5.75. The molecule has 0 aromatic heterocycles. The zero-order chi connectivity index (χ0) is 13.8. The molecule has 0 saturated carbocycles. The summed E-state index contributed by atoms with van der Waals surface area (Å²) in [7, 11) is 0. The Kier molecular flexibility index (Phi) is 3.77. The van der Waals surface area contributed by atoms with Gasteiger partial charge in [0.15, 0.2) is 0 Å². The fraction of sp³-hybridized carbons (Fsp3) is 0.0714. The molecule has 4 nitrogen and oxygen atoms in total. The Morgan fingerprint density at radius 2 is 1.89 bits per heavy atom. The van der Waals surface area contributed by atoms with E-state index in [0.29, 0.717) is 16.9 Å². The number of benzene rings is 2. The van der Waals surface area contributed by atoms with E-state index in [0.717, 1.165) is 5.56 Å². The minimum Gasteiger partial charge on any atom is -0.323 e. The molecule has 0 heterocycles. The maximum absolute atomic E-state index is 13.2. The molecule has 0 saturated heterocycles. The summed E-state index contributed by atoms with van der Waals surface area (Å²) in [6, 6.07) is 11.1. The smallest absolute Gasteiger partial charge is 0.257 e. The average Bonchev–Trinajstić information content (AvgIpc) is 2.42. The second-order valence-corrected chi connectivity index (χ2v) is 4.10. The topological polar surface area (TPSA) is 67.2 Å². The number of hydrogen-bond donors (Lipinski definition) is 3. The minimum absolute atomic E-state index is 0.345. The summed E-state index contributed by atoms with van der Waals surface area (Å²) < 4.78 is 13.2. The number of hydrazine groups is 1. The molecule has 4 N–H and O–H groups in total. The third-order valence-electron chi connectivity index (χ3n) is 2.78. The number of nitrogen functional groups attached to an aromatic ring is 1. The predicted octanol–water partition coefficient (Wildman–Crippen LogP) is 2.67. The normalized spacial score (nSPS) is 10.1. The van der Waals surface area contributed by atoms with Crippen molar-refractivity contribution >= 4 is 17.3 Å². The van der Waals surface area contributed by atoms with E-state index in [2.05, 4.69) is 10.7 Å². The first-order valence-electron chi connectivity index (χ1n) is 5.75. The second-order valence-electron chi connectivity index (χ2n) is 4.10. The van der Waals surface area contributed by atoms with Crippen LogP contribution in [0.5, 0.6) is 0 Å². The zero-order valence-corrected chi connectivity index (χ0v) is 10.4. The number of hydrogen-bond acceptors (Lipinski definition) is 3. The number of nitrogens with one attached hydrogen (secondary N) is 2. The van der Waals surface area contributed by atoms with Crippen molar-refractivity contribution in [1.82, 2.24) is 0 Å². The van der Waals surface area contributed by atoms with Gasteiger partial charge in [-0.2, -0.15) is 0 Å². The van der Waals surface area contributed by atoms with Crippen LogP contribution in [0.4, 0.5) is 15.8 Å². The number of amides is 1. The molecule has 1 amide bonds. The van der Waals surface area contributed by atoms with Crippen molar-refractivity contribution in [2.24, 2.45) is 5.84 Å². The molecule has 0 unspecified atom stereocenters. The summed E-state index contributed by atoms with van der Waals surface area (Å²) in [4.78, 5) is 12.1. The number of carbonyl (C=O) groups is 1. The first kappa shape index (κ1) is 13.0. The van der Waals surface area contributed by atoms with Crippen LogP contribution in [-0.4, -0.2) is 5.91 Å². The fourth-order valence-electron chi connectivity index (χ4n) is 1.73. The van der Waals surface area contributed by atoms with Gasteiger partial charge >= 0.3 is 0 Å². The lowest BCUT2D eigenvalue weighted by Crippen LogP contribution is -2.17. The van der Waals surface area contributed by atoms with E-state index in [4.69, 9.17) is 5.84 Å². The Balaban J connectivity index is 2.28. The Labute approximate surface area is 110 Å². The predicted molar refractivity (Wildman–Crippen MR) is 73.3 cm³/mol. The Hall–Kier alpha value is -2.40. The monoisotopic (exact) mass is 259 g/mol. The van der Waals surface area contributed by atoms with Crippen LogP contribution in [0.1, 0.15) is 15.9 Å². The molecule has 0 bridgehead atoms. The molecule has 0 radical (unpaired) electrons. The number of rotatable bonds is 3. The summed E-state index contributed by atoms with van der Waals surface area (Å²) in [5.41, 5.74) is 4.59. The Morgan fingerprint density at radius 3 is 2.63 bits per heavy atom. The third-order valence-corrected chi connectivity index (χ3v) is 2.78. The SMILES string of the molecule is Cc1ccc(F)cc1NC(=O)c1ccccc1NN. The van der Waals surface area contributed by atoms with Crippen LogP contribution >= 0.6 is 0 Å². The average molecular weight is 259 g/mol.